The maximum absolute atomic E-state index is 12.0. The van der Waals surface area contributed by atoms with Crippen LogP contribution in [0.2, 0.25) is 0 Å². The molecule has 1 unspecified atom stereocenters. The topological polar surface area (TPSA) is 105 Å². The number of thioether (sulfide) groups is 1. The maximum atomic E-state index is 12.0. The predicted molar refractivity (Wildman–Crippen MR) is 102 cm³/mol. The molecule has 0 bridgehead atoms. The van der Waals surface area contributed by atoms with E-state index in [2.05, 4.69) is 10.6 Å². The van der Waals surface area contributed by atoms with Gasteiger partial charge in [0.25, 0.3) is 0 Å². The fourth-order valence-electron chi connectivity index (χ4n) is 2.77. The van der Waals surface area contributed by atoms with Crippen LogP contribution in [0.15, 0.2) is 0 Å². The summed E-state index contributed by atoms with van der Waals surface area (Å²) >= 11 is 1.37. The summed E-state index contributed by atoms with van der Waals surface area (Å²) < 4.78 is 5.07. The van der Waals surface area contributed by atoms with Crippen molar-refractivity contribution in [3.63, 3.8) is 0 Å². The van der Waals surface area contributed by atoms with E-state index in [1.54, 1.807) is 20.8 Å². The second-order valence-electron chi connectivity index (χ2n) is 7.63. The second kappa shape index (κ2) is 11.3. The van der Waals surface area contributed by atoms with Gasteiger partial charge in [-0.2, -0.15) is 11.8 Å². The zero-order chi connectivity index (χ0) is 19.6. The zero-order valence-electron chi connectivity index (χ0n) is 16.0. The number of hydrogen-bond acceptors (Lipinski definition) is 5. The van der Waals surface area contributed by atoms with Gasteiger partial charge in [0.15, 0.2) is 0 Å². The second-order valence-corrected chi connectivity index (χ2v) is 8.74. The number of carbonyl (C=O) groups excluding carboxylic acids is 2. The minimum atomic E-state index is -1.11. The van der Waals surface area contributed by atoms with Gasteiger partial charge in [0, 0.05) is 6.04 Å². The highest BCUT2D eigenvalue weighted by Crippen LogP contribution is 2.17. The summed E-state index contributed by atoms with van der Waals surface area (Å²) in [5.74, 6) is -0.353. The molecule has 8 heteroatoms. The van der Waals surface area contributed by atoms with Crippen molar-refractivity contribution in [1.29, 1.82) is 0 Å². The summed E-state index contributed by atoms with van der Waals surface area (Å²) in [5, 5.41) is 14.6. The number of alkyl carbamates (subject to hydrolysis) is 1. The molecule has 0 heterocycles. The van der Waals surface area contributed by atoms with E-state index in [1.165, 1.54) is 24.6 Å². The lowest BCUT2D eigenvalue weighted by Crippen LogP contribution is -2.43. The monoisotopic (exact) mass is 388 g/mol. The Hall–Kier alpha value is -1.44. The number of carboxylic acid groups (broad SMARTS) is 1. The molecule has 1 aliphatic carbocycles. The molecule has 0 saturated heterocycles. The van der Waals surface area contributed by atoms with E-state index in [-0.39, 0.29) is 18.4 Å². The van der Waals surface area contributed by atoms with E-state index in [1.807, 2.05) is 0 Å². The Morgan fingerprint density at radius 1 is 1.15 bits per heavy atom. The number of carbonyl (C=O) groups is 3. The number of amides is 2. The van der Waals surface area contributed by atoms with E-state index < -0.39 is 23.7 Å². The Morgan fingerprint density at radius 2 is 1.77 bits per heavy atom. The molecule has 1 atom stereocenters. The molecule has 2 amide bonds. The molecule has 150 valence electrons. The lowest BCUT2D eigenvalue weighted by Gasteiger charge is -2.22. The van der Waals surface area contributed by atoms with Crippen LogP contribution in [0.5, 0.6) is 0 Å². The quantitative estimate of drug-likeness (QED) is 0.436. The van der Waals surface area contributed by atoms with Crippen LogP contribution in [0.4, 0.5) is 4.79 Å². The van der Waals surface area contributed by atoms with Crippen LogP contribution < -0.4 is 10.6 Å². The number of carboxylic acids is 1. The first kappa shape index (κ1) is 22.6. The molecule has 0 aromatic carbocycles. The van der Waals surface area contributed by atoms with E-state index in [0.29, 0.717) is 11.5 Å². The number of hydrogen-bond donors (Lipinski definition) is 3. The van der Waals surface area contributed by atoms with Crippen molar-refractivity contribution in [2.75, 3.05) is 11.5 Å². The molecule has 0 radical (unpaired) electrons. The molecule has 1 fully saturated rings. The predicted octanol–water partition coefficient (Wildman–Crippen LogP) is 2.93. The molecular formula is C18H32N2O5S. The molecule has 0 aromatic heterocycles. The highest BCUT2D eigenvalue weighted by molar-refractivity contribution is 7.99. The SMILES string of the molecule is CC(C)(C)OC(=O)NC(CCSCC(=O)NC1CCCCCC1)C(=O)O. The summed E-state index contributed by atoms with van der Waals surface area (Å²) in [6.07, 6.45) is 6.36. The van der Waals surface area contributed by atoms with Crippen LogP contribution in [0.25, 0.3) is 0 Å². The van der Waals surface area contributed by atoms with Crippen LogP contribution >= 0.6 is 11.8 Å². The van der Waals surface area contributed by atoms with Crippen molar-refractivity contribution in [3.8, 4) is 0 Å². The normalized spacial score (nSPS) is 17.0. The van der Waals surface area contributed by atoms with Crippen molar-refractivity contribution in [2.45, 2.75) is 83.4 Å². The summed E-state index contributed by atoms with van der Waals surface area (Å²) in [5.41, 5.74) is -0.683. The van der Waals surface area contributed by atoms with Gasteiger partial charge in [-0.3, -0.25) is 4.79 Å². The Morgan fingerprint density at radius 3 is 2.31 bits per heavy atom. The summed E-state index contributed by atoms with van der Waals surface area (Å²) in [7, 11) is 0. The average molecular weight is 389 g/mol. The first-order valence-electron chi connectivity index (χ1n) is 9.27. The lowest BCUT2D eigenvalue weighted by atomic mass is 10.1. The van der Waals surface area contributed by atoms with Crippen molar-refractivity contribution in [3.05, 3.63) is 0 Å². The van der Waals surface area contributed by atoms with E-state index in [9.17, 15) is 19.5 Å². The molecule has 0 aliphatic heterocycles. The van der Waals surface area contributed by atoms with E-state index >= 15 is 0 Å². The van der Waals surface area contributed by atoms with Crippen LogP contribution in [0.1, 0.15) is 65.7 Å². The fraction of sp³-hybridized carbons (Fsp3) is 0.833. The van der Waals surface area contributed by atoms with Crippen LogP contribution in [-0.4, -0.2) is 52.3 Å². The van der Waals surface area contributed by atoms with Gasteiger partial charge >= 0.3 is 12.1 Å². The van der Waals surface area contributed by atoms with Crippen molar-refractivity contribution in [1.82, 2.24) is 10.6 Å². The molecule has 3 N–H and O–H groups in total. The number of rotatable bonds is 8. The largest absolute Gasteiger partial charge is 0.480 e. The summed E-state index contributed by atoms with van der Waals surface area (Å²) in [6.45, 7) is 5.14. The molecular weight excluding hydrogens is 356 g/mol. The van der Waals surface area contributed by atoms with Gasteiger partial charge in [-0.15, -0.1) is 0 Å². The van der Waals surface area contributed by atoms with Crippen LogP contribution in [0.3, 0.4) is 0 Å². The third kappa shape index (κ3) is 10.5. The molecule has 1 aliphatic rings. The van der Waals surface area contributed by atoms with Crippen molar-refractivity contribution in [2.24, 2.45) is 0 Å². The molecule has 0 spiro atoms. The van der Waals surface area contributed by atoms with Gasteiger partial charge in [0.05, 0.1) is 5.75 Å². The van der Waals surface area contributed by atoms with Gasteiger partial charge < -0.3 is 20.5 Å². The zero-order valence-corrected chi connectivity index (χ0v) is 16.8. The Bertz CT molecular complexity index is 471. The molecule has 1 rings (SSSR count). The smallest absolute Gasteiger partial charge is 0.408 e. The Kier molecular flexibility index (Phi) is 9.83. The molecule has 1 saturated carbocycles. The summed E-state index contributed by atoms with van der Waals surface area (Å²) in [4.78, 5) is 35.0. The highest BCUT2D eigenvalue weighted by atomic mass is 32.2. The minimum absolute atomic E-state index is 0.00567. The standard InChI is InChI=1S/C18H32N2O5S/c1-18(2,3)25-17(24)20-14(16(22)23)10-11-26-12-15(21)19-13-8-6-4-5-7-9-13/h13-14H,4-12H2,1-3H3,(H,19,21)(H,20,24)(H,22,23). The highest BCUT2D eigenvalue weighted by Gasteiger charge is 2.23. The van der Waals surface area contributed by atoms with Gasteiger partial charge in [0.1, 0.15) is 11.6 Å². The lowest BCUT2D eigenvalue weighted by molar-refractivity contribution is -0.139. The third-order valence-electron chi connectivity index (χ3n) is 3.99. The van der Waals surface area contributed by atoms with Gasteiger partial charge in [-0.25, -0.2) is 9.59 Å². The van der Waals surface area contributed by atoms with Gasteiger partial charge in [-0.1, -0.05) is 25.7 Å². The van der Waals surface area contributed by atoms with E-state index in [0.717, 1.165) is 25.7 Å². The number of nitrogens with one attached hydrogen (secondary N) is 2. The van der Waals surface area contributed by atoms with E-state index in [4.69, 9.17) is 4.74 Å². The van der Waals surface area contributed by atoms with Gasteiger partial charge in [-0.05, 0) is 45.8 Å². The third-order valence-corrected chi connectivity index (χ3v) is 4.98. The maximum Gasteiger partial charge on any atom is 0.408 e. The van der Waals surface area contributed by atoms with Crippen molar-refractivity contribution >= 4 is 29.7 Å². The Balaban J connectivity index is 2.26. The first-order chi connectivity index (χ1) is 12.2. The van der Waals surface area contributed by atoms with Gasteiger partial charge in [0.2, 0.25) is 5.91 Å². The number of ether oxygens (including phenoxy) is 1. The first-order valence-corrected chi connectivity index (χ1v) is 10.4. The fourth-order valence-corrected chi connectivity index (χ4v) is 3.58. The Labute approximate surface area is 160 Å². The van der Waals surface area contributed by atoms with Crippen molar-refractivity contribution < 1.29 is 24.2 Å². The molecule has 7 nitrogen and oxygen atoms in total. The average Bonchev–Trinajstić information content (AvgIpc) is 2.76. The van der Waals surface area contributed by atoms with Crippen LogP contribution in [0, 0.1) is 0 Å². The number of aliphatic carboxylic acids is 1. The minimum Gasteiger partial charge on any atom is -0.480 e. The molecule has 26 heavy (non-hydrogen) atoms. The molecule has 0 aromatic rings. The summed E-state index contributed by atoms with van der Waals surface area (Å²) in [6, 6.07) is -0.756. The van der Waals surface area contributed by atoms with Crippen LogP contribution in [-0.2, 0) is 14.3 Å².